The van der Waals surface area contributed by atoms with Crippen molar-refractivity contribution in [1.82, 2.24) is 0 Å². The average Bonchev–Trinajstić information content (AvgIpc) is 2.46. The molecule has 0 bridgehead atoms. The van der Waals surface area contributed by atoms with Crippen molar-refractivity contribution < 1.29 is 13.9 Å². The minimum Gasteiger partial charge on any atom is -0.366 e. The van der Waals surface area contributed by atoms with Crippen molar-refractivity contribution in [3.63, 3.8) is 0 Å². The minimum atomic E-state index is -1.72. The van der Waals surface area contributed by atoms with E-state index in [9.17, 15) is 19.1 Å². The van der Waals surface area contributed by atoms with Crippen molar-refractivity contribution in [1.29, 1.82) is 0 Å². The van der Waals surface area contributed by atoms with E-state index in [-0.39, 0.29) is 16.1 Å². The molecular weight excluding hydrogens is 292 g/mol. The second-order valence-corrected chi connectivity index (χ2v) is 5.83. The van der Waals surface area contributed by atoms with Crippen LogP contribution in [0.2, 0.25) is 0 Å². The molecule has 0 heterocycles. The largest absolute Gasteiger partial charge is 0.366 e. The third-order valence-electron chi connectivity index (χ3n) is 2.88. The summed E-state index contributed by atoms with van der Waals surface area (Å²) in [5.41, 5.74) is 6.00. The first-order chi connectivity index (χ1) is 9.90. The fourth-order valence-corrected chi connectivity index (χ4v) is 3.00. The third-order valence-corrected chi connectivity index (χ3v) is 4.31. The second kappa shape index (κ2) is 5.84. The Balaban J connectivity index is 2.56. The zero-order chi connectivity index (χ0) is 15.6. The van der Waals surface area contributed by atoms with Crippen LogP contribution in [-0.4, -0.2) is 15.0 Å². The summed E-state index contributed by atoms with van der Waals surface area (Å²) >= 11 is 0. The van der Waals surface area contributed by atoms with Gasteiger partial charge in [-0.2, -0.15) is 0 Å². The summed E-state index contributed by atoms with van der Waals surface area (Å²) in [6.45, 7) is 1.88. The summed E-state index contributed by atoms with van der Waals surface area (Å²) in [4.78, 5) is 22.1. The molecule has 0 fully saturated rings. The van der Waals surface area contributed by atoms with Crippen LogP contribution in [0.5, 0.6) is 0 Å². The van der Waals surface area contributed by atoms with Gasteiger partial charge in [0, 0.05) is 17.0 Å². The smallest absolute Gasteiger partial charge is 0.270 e. The van der Waals surface area contributed by atoms with Crippen molar-refractivity contribution in [2.45, 2.75) is 16.7 Å². The lowest BCUT2D eigenvalue weighted by molar-refractivity contribution is -0.385. The Bertz CT molecular complexity index is 741. The van der Waals surface area contributed by atoms with Gasteiger partial charge in [0.15, 0.2) is 0 Å². The molecule has 0 aliphatic heterocycles. The molecule has 0 aromatic heterocycles. The number of nitro benzene ring substituents is 1. The monoisotopic (exact) mass is 304 g/mol. The van der Waals surface area contributed by atoms with Crippen molar-refractivity contribution in [3.05, 3.63) is 63.7 Å². The molecule has 1 atom stereocenters. The van der Waals surface area contributed by atoms with Crippen molar-refractivity contribution >= 4 is 22.4 Å². The summed E-state index contributed by atoms with van der Waals surface area (Å²) < 4.78 is 12.5. The van der Waals surface area contributed by atoms with Gasteiger partial charge in [0.1, 0.15) is 0 Å². The van der Waals surface area contributed by atoms with E-state index in [0.29, 0.717) is 4.90 Å². The lowest BCUT2D eigenvalue weighted by Gasteiger charge is -2.07. The number of nitrogens with zero attached hydrogens (tertiary/aromatic N) is 1. The maximum absolute atomic E-state index is 12.5. The molecule has 0 aliphatic rings. The van der Waals surface area contributed by atoms with Gasteiger partial charge in [-0.05, 0) is 25.1 Å². The van der Waals surface area contributed by atoms with E-state index in [1.54, 1.807) is 24.3 Å². The SMILES string of the molecule is Cc1ccc(S(=O)c2cc([N+](=O)[O-])ccc2C(N)=O)cc1. The highest BCUT2D eigenvalue weighted by molar-refractivity contribution is 7.85. The van der Waals surface area contributed by atoms with E-state index in [4.69, 9.17) is 5.73 Å². The molecule has 6 nitrogen and oxygen atoms in total. The Labute approximate surface area is 123 Å². The Morgan fingerprint density at radius 1 is 1.19 bits per heavy atom. The first-order valence-electron chi connectivity index (χ1n) is 5.97. The first kappa shape index (κ1) is 14.9. The van der Waals surface area contributed by atoms with Gasteiger partial charge in [-0.15, -0.1) is 0 Å². The van der Waals surface area contributed by atoms with Crippen LogP contribution in [0.4, 0.5) is 5.69 Å². The zero-order valence-corrected chi connectivity index (χ0v) is 11.9. The molecule has 2 aromatic rings. The molecular formula is C14H12N2O4S. The normalized spacial score (nSPS) is 11.9. The van der Waals surface area contributed by atoms with E-state index in [2.05, 4.69) is 0 Å². The number of nitrogens with two attached hydrogens (primary N) is 1. The van der Waals surface area contributed by atoms with Crippen LogP contribution < -0.4 is 5.73 Å². The van der Waals surface area contributed by atoms with Crippen LogP contribution in [0.3, 0.4) is 0 Å². The van der Waals surface area contributed by atoms with Gasteiger partial charge < -0.3 is 5.73 Å². The standard InChI is InChI=1S/C14H12N2O4S/c1-9-2-5-11(6-3-9)21(20)13-8-10(16(18)19)4-7-12(13)14(15)17/h2-8H,1H3,(H2,15,17). The summed E-state index contributed by atoms with van der Waals surface area (Å²) in [7, 11) is -1.72. The number of primary amides is 1. The number of nitro groups is 1. The molecule has 0 saturated carbocycles. The summed E-state index contributed by atoms with van der Waals surface area (Å²) in [5.74, 6) is -0.777. The number of rotatable bonds is 4. The third kappa shape index (κ3) is 3.14. The first-order valence-corrected chi connectivity index (χ1v) is 7.12. The Morgan fingerprint density at radius 3 is 2.33 bits per heavy atom. The maximum atomic E-state index is 12.5. The fourth-order valence-electron chi connectivity index (χ4n) is 1.77. The molecule has 21 heavy (non-hydrogen) atoms. The van der Waals surface area contributed by atoms with Crippen LogP contribution >= 0.6 is 0 Å². The molecule has 2 aromatic carbocycles. The van der Waals surface area contributed by atoms with Crippen LogP contribution in [0.15, 0.2) is 52.3 Å². The van der Waals surface area contributed by atoms with Crippen LogP contribution in [0.1, 0.15) is 15.9 Å². The van der Waals surface area contributed by atoms with E-state index in [1.165, 1.54) is 6.07 Å². The number of amides is 1. The van der Waals surface area contributed by atoms with E-state index < -0.39 is 21.6 Å². The topological polar surface area (TPSA) is 103 Å². The molecule has 0 radical (unpaired) electrons. The van der Waals surface area contributed by atoms with Crippen molar-refractivity contribution in [2.75, 3.05) is 0 Å². The average molecular weight is 304 g/mol. The van der Waals surface area contributed by atoms with Crippen LogP contribution in [0.25, 0.3) is 0 Å². The fraction of sp³-hybridized carbons (Fsp3) is 0.0714. The number of carbonyl (C=O) groups excluding carboxylic acids is 1. The molecule has 1 unspecified atom stereocenters. The second-order valence-electron chi connectivity index (χ2n) is 4.38. The van der Waals surface area contributed by atoms with E-state index in [0.717, 1.165) is 17.7 Å². The maximum Gasteiger partial charge on any atom is 0.270 e. The van der Waals surface area contributed by atoms with Crippen molar-refractivity contribution in [2.24, 2.45) is 5.73 Å². The van der Waals surface area contributed by atoms with Gasteiger partial charge >= 0.3 is 0 Å². The summed E-state index contributed by atoms with van der Waals surface area (Å²) in [6.07, 6.45) is 0. The van der Waals surface area contributed by atoms with Crippen LogP contribution in [-0.2, 0) is 10.8 Å². The zero-order valence-electron chi connectivity index (χ0n) is 11.1. The number of hydrogen-bond donors (Lipinski definition) is 1. The van der Waals surface area contributed by atoms with Crippen molar-refractivity contribution in [3.8, 4) is 0 Å². The summed E-state index contributed by atoms with van der Waals surface area (Å²) in [6, 6.07) is 10.3. The van der Waals surface area contributed by atoms with Crippen LogP contribution in [0, 0.1) is 17.0 Å². The molecule has 2 rings (SSSR count). The number of carbonyl (C=O) groups is 1. The predicted octanol–water partition coefficient (Wildman–Crippen LogP) is 2.17. The lowest BCUT2D eigenvalue weighted by atomic mass is 10.2. The molecule has 0 saturated heterocycles. The van der Waals surface area contributed by atoms with E-state index in [1.807, 2.05) is 6.92 Å². The Morgan fingerprint density at radius 2 is 1.81 bits per heavy atom. The molecule has 0 spiro atoms. The number of hydrogen-bond acceptors (Lipinski definition) is 4. The number of benzene rings is 2. The highest BCUT2D eigenvalue weighted by Crippen LogP contribution is 2.25. The highest BCUT2D eigenvalue weighted by Gasteiger charge is 2.19. The molecule has 2 N–H and O–H groups in total. The van der Waals surface area contributed by atoms with Gasteiger partial charge in [0.25, 0.3) is 5.69 Å². The highest BCUT2D eigenvalue weighted by atomic mass is 32.2. The summed E-state index contributed by atoms with van der Waals surface area (Å²) in [5, 5.41) is 10.8. The predicted molar refractivity (Wildman–Crippen MR) is 77.5 cm³/mol. The molecule has 0 aliphatic carbocycles. The molecule has 108 valence electrons. The number of aryl methyl sites for hydroxylation is 1. The van der Waals surface area contributed by atoms with E-state index >= 15 is 0 Å². The Kier molecular flexibility index (Phi) is 4.13. The quantitative estimate of drug-likeness (QED) is 0.690. The number of non-ortho nitro benzene ring substituents is 1. The van der Waals surface area contributed by atoms with Gasteiger partial charge in [0.05, 0.1) is 26.2 Å². The van der Waals surface area contributed by atoms with Gasteiger partial charge in [-0.25, -0.2) is 4.21 Å². The van der Waals surface area contributed by atoms with Gasteiger partial charge in [-0.1, -0.05) is 17.7 Å². The van der Waals surface area contributed by atoms with Gasteiger partial charge in [0.2, 0.25) is 5.91 Å². The lowest BCUT2D eigenvalue weighted by Crippen LogP contribution is -2.14. The molecule has 1 amide bonds. The van der Waals surface area contributed by atoms with Gasteiger partial charge in [-0.3, -0.25) is 14.9 Å². The molecule has 7 heteroatoms. The Hall–Kier alpha value is -2.54. The minimum absolute atomic E-state index is 0.0134.